The Bertz CT molecular complexity index is 505. The van der Waals surface area contributed by atoms with Gasteiger partial charge in [-0.1, -0.05) is 17.7 Å². The number of ether oxygens (including phenoxy) is 1. The van der Waals surface area contributed by atoms with Crippen LogP contribution in [0.4, 0.5) is 0 Å². The molecule has 1 aromatic carbocycles. The minimum atomic E-state index is -0.530. The zero-order valence-corrected chi connectivity index (χ0v) is 12.5. The highest BCUT2D eigenvalue weighted by Crippen LogP contribution is 2.19. The fourth-order valence-electron chi connectivity index (χ4n) is 2.51. The minimum absolute atomic E-state index is 0.0431. The van der Waals surface area contributed by atoms with E-state index in [2.05, 4.69) is 0 Å². The second kappa shape index (κ2) is 6.61. The van der Waals surface area contributed by atoms with Crippen LogP contribution in [0.15, 0.2) is 24.3 Å². The van der Waals surface area contributed by atoms with Crippen molar-refractivity contribution in [2.45, 2.75) is 32.8 Å². The van der Waals surface area contributed by atoms with Gasteiger partial charge >= 0.3 is 0 Å². The van der Waals surface area contributed by atoms with Crippen LogP contribution in [-0.2, 0) is 9.59 Å². The first-order valence-corrected chi connectivity index (χ1v) is 7.29. The molecule has 1 aromatic rings. The van der Waals surface area contributed by atoms with Crippen LogP contribution in [0.1, 0.15) is 25.3 Å². The maximum atomic E-state index is 12.3. The molecule has 0 aromatic heterocycles. The summed E-state index contributed by atoms with van der Waals surface area (Å²) in [6, 6.07) is 7.62. The Balaban J connectivity index is 1.88. The molecule has 2 rings (SSSR count). The summed E-state index contributed by atoms with van der Waals surface area (Å²) < 4.78 is 5.68. The highest BCUT2D eigenvalue weighted by atomic mass is 16.5. The molecule has 0 bridgehead atoms. The lowest BCUT2D eigenvalue weighted by Crippen LogP contribution is -2.46. The molecule has 2 amide bonds. The van der Waals surface area contributed by atoms with Gasteiger partial charge in [-0.15, -0.1) is 0 Å². The van der Waals surface area contributed by atoms with Crippen molar-refractivity contribution in [3.8, 4) is 5.75 Å². The number of hydrogen-bond acceptors (Lipinski definition) is 3. The second-order valence-electron chi connectivity index (χ2n) is 5.58. The third-order valence-corrected chi connectivity index (χ3v) is 3.89. The fourth-order valence-corrected chi connectivity index (χ4v) is 2.51. The molecule has 1 saturated heterocycles. The van der Waals surface area contributed by atoms with Crippen molar-refractivity contribution in [2.75, 3.05) is 13.1 Å². The largest absolute Gasteiger partial charge is 0.481 e. The molecule has 0 aliphatic carbocycles. The van der Waals surface area contributed by atoms with Gasteiger partial charge in [0.15, 0.2) is 6.10 Å². The molecule has 21 heavy (non-hydrogen) atoms. The molecule has 114 valence electrons. The second-order valence-corrected chi connectivity index (χ2v) is 5.58. The number of likely N-dealkylation sites (tertiary alicyclic amines) is 1. The Kier molecular flexibility index (Phi) is 4.83. The summed E-state index contributed by atoms with van der Waals surface area (Å²) in [7, 11) is 0. The number of carbonyl (C=O) groups excluding carboxylic acids is 2. The van der Waals surface area contributed by atoms with Crippen molar-refractivity contribution < 1.29 is 14.3 Å². The maximum absolute atomic E-state index is 12.3. The van der Waals surface area contributed by atoms with Crippen molar-refractivity contribution in [1.82, 2.24) is 4.90 Å². The van der Waals surface area contributed by atoms with Crippen LogP contribution in [0.3, 0.4) is 0 Å². The summed E-state index contributed by atoms with van der Waals surface area (Å²) in [5, 5.41) is 0. The molecular weight excluding hydrogens is 268 g/mol. The maximum Gasteiger partial charge on any atom is 0.263 e. The monoisotopic (exact) mass is 290 g/mol. The fraction of sp³-hybridized carbons (Fsp3) is 0.500. The topological polar surface area (TPSA) is 72.6 Å². The number of piperidine rings is 1. The van der Waals surface area contributed by atoms with Gasteiger partial charge in [0.1, 0.15) is 5.75 Å². The number of rotatable bonds is 4. The summed E-state index contributed by atoms with van der Waals surface area (Å²) in [5.41, 5.74) is 6.44. The van der Waals surface area contributed by atoms with Gasteiger partial charge in [-0.2, -0.15) is 0 Å². The zero-order chi connectivity index (χ0) is 15.4. The van der Waals surface area contributed by atoms with Gasteiger partial charge < -0.3 is 15.4 Å². The van der Waals surface area contributed by atoms with Crippen LogP contribution in [0, 0.1) is 12.8 Å². The third kappa shape index (κ3) is 3.97. The van der Waals surface area contributed by atoms with Crippen LogP contribution in [-0.4, -0.2) is 35.9 Å². The molecule has 0 unspecified atom stereocenters. The van der Waals surface area contributed by atoms with Crippen LogP contribution < -0.4 is 10.5 Å². The molecule has 1 aliphatic rings. The van der Waals surface area contributed by atoms with Crippen molar-refractivity contribution in [2.24, 2.45) is 11.7 Å². The standard InChI is InChI=1S/C16H22N2O3/c1-11-3-5-14(6-4-11)21-12(2)16(20)18-9-7-13(8-10-18)15(17)19/h3-6,12-13H,7-10H2,1-2H3,(H2,17,19)/t12-/m0/s1. The number of nitrogens with zero attached hydrogens (tertiary/aromatic N) is 1. The Hall–Kier alpha value is -2.04. The van der Waals surface area contributed by atoms with Gasteiger partial charge in [0.25, 0.3) is 5.91 Å². The quantitative estimate of drug-likeness (QED) is 0.913. The number of carbonyl (C=O) groups is 2. The van der Waals surface area contributed by atoms with E-state index < -0.39 is 6.10 Å². The molecule has 0 saturated carbocycles. The van der Waals surface area contributed by atoms with Crippen LogP contribution in [0.2, 0.25) is 0 Å². The summed E-state index contributed by atoms with van der Waals surface area (Å²) in [5.74, 6) is 0.264. The Morgan fingerprint density at radius 1 is 1.24 bits per heavy atom. The predicted molar refractivity (Wildman–Crippen MR) is 79.8 cm³/mol. The summed E-state index contributed by atoms with van der Waals surface area (Å²) in [4.78, 5) is 25.2. The molecule has 0 radical (unpaired) electrons. The van der Waals surface area contributed by atoms with Crippen LogP contribution >= 0.6 is 0 Å². The normalized spacial score (nSPS) is 17.3. The van der Waals surface area contributed by atoms with E-state index in [-0.39, 0.29) is 17.7 Å². The molecule has 1 atom stereocenters. The number of amides is 2. The molecule has 2 N–H and O–H groups in total. The number of primary amides is 1. The molecule has 1 fully saturated rings. The van der Waals surface area contributed by atoms with Crippen LogP contribution in [0.5, 0.6) is 5.75 Å². The lowest BCUT2D eigenvalue weighted by molar-refractivity contribution is -0.140. The van der Waals surface area contributed by atoms with E-state index in [1.165, 1.54) is 0 Å². The van der Waals surface area contributed by atoms with E-state index >= 15 is 0 Å². The molecule has 1 aliphatic heterocycles. The Morgan fingerprint density at radius 3 is 2.33 bits per heavy atom. The highest BCUT2D eigenvalue weighted by molar-refractivity contribution is 5.82. The number of hydrogen-bond donors (Lipinski definition) is 1. The number of aryl methyl sites for hydroxylation is 1. The lowest BCUT2D eigenvalue weighted by atomic mass is 9.96. The SMILES string of the molecule is Cc1ccc(O[C@@H](C)C(=O)N2CCC(C(N)=O)CC2)cc1. The van der Waals surface area contributed by atoms with Gasteiger partial charge in [-0.25, -0.2) is 0 Å². The molecular formula is C16H22N2O3. The molecule has 5 heteroatoms. The molecule has 5 nitrogen and oxygen atoms in total. The van der Waals surface area contributed by atoms with Crippen LogP contribution in [0.25, 0.3) is 0 Å². The Morgan fingerprint density at radius 2 is 1.81 bits per heavy atom. The van der Waals surface area contributed by atoms with E-state index in [1.807, 2.05) is 31.2 Å². The predicted octanol–water partition coefficient (Wildman–Crippen LogP) is 1.49. The van der Waals surface area contributed by atoms with Crippen molar-refractivity contribution >= 4 is 11.8 Å². The highest BCUT2D eigenvalue weighted by Gasteiger charge is 2.28. The van der Waals surface area contributed by atoms with Gasteiger partial charge in [0.2, 0.25) is 5.91 Å². The number of benzene rings is 1. The van der Waals surface area contributed by atoms with E-state index in [0.717, 1.165) is 5.56 Å². The van der Waals surface area contributed by atoms with Gasteiger partial charge in [-0.3, -0.25) is 9.59 Å². The van der Waals surface area contributed by atoms with Crippen molar-refractivity contribution in [3.05, 3.63) is 29.8 Å². The number of nitrogens with two attached hydrogens (primary N) is 1. The third-order valence-electron chi connectivity index (χ3n) is 3.89. The first kappa shape index (κ1) is 15.4. The van der Waals surface area contributed by atoms with Gasteiger partial charge in [0, 0.05) is 19.0 Å². The van der Waals surface area contributed by atoms with Crippen molar-refractivity contribution in [1.29, 1.82) is 0 Å². The van der Waals surface area contributed by atoms with E-state index in [9.17, 15) is 9.59 Å². The van der Waals surface area contributed by atoms with E-state index in [1.54, 1.807) is 11.8 Å². The average molecular weight is 290 g/mol. The lowest BCUT2D eigenvalue weighted by Gasteiger charge is -2.32. The zero-order valence-electron chi connectivity index (χ0n) is 12.5. The summed E-state index contributed by atoms with van der Waals surface area (Å²) >= 11 is 0. The van der Waals surface area contributed by atoms with E-state index in [0.29, 0.717) is 31.7 Å². The first-order chi connectivity index (χ1) is 9.97. The Labute approximate surface area is 125 Å². The summed E-state index contributed by atoms with van der Waals surface area (Å²) in [6.45, 7) is 4.88. The van der Waals surface area contributed by atoms with Crippen molar-refractivity contribution in [3.63, 3.8) is 0 Å². The minimum Gasteiger partial charge on any atom is -0.481 e. The molecule has 0 spiro atoms. The smallest absolute Gasteiger partial charge is 0.263 e. The molecule has 1 heterocycles. The van der Waals surface area contributed by atoms with Gasteiger partial charge in [-0.05, 0) is 38.8 Å². The average Bonchev–Trinajstić information content (AvgIpc) is 2.49. The first-order valence-electron chi connectivity index (χ1n) is 7.29. The summed E-state index contributed by atoms with van der Waals surface area (Å²) in [6.07, 6.45) is 0.745. The van der Waals surface area contributed by atoms with E-state index in [4.69, 9.17) is 10.5 Å². The van der Waals surface area contributed by atoms with Gasteiger partial charge in [0.05, 0.1) is 0 Å².